The van der Waals surface area contributed by atoms with Crippen LogP contribution in [0.15, 0.2) is 42.5 Å². The molecular weight excluding hydrogens is 554 g/mol. The van der Waals surface area contributed by atoms with E-state index < -0.39 is 41.6 Å². The van der Waals surface area contributed by atoms with Crippen molar-refractivity contribution < 1.29 is 45.8 Å². The Hall–Kier alpha value is -3.28. The normalized spacial score (nSPS) is 24.1. The Labute approximate surface area is 232 Å². The highest BCUT2D eigenvalue weighted by Gasteiger charge is 2.54. The molecule has 0 unspecified atom stereocenters. The monoisotopic (exact) mass is 584 g/mol. The van der Waals surface area contributed by atoms with E-state index in [0.29, 0.717) is 32.4 Å². The SMILES string of the molecule is O=C(O)c1cccc(C2CCN([C@@H]3CC[C@](CC(F)(F)F)(C(=O)N4COc5ccc(C(F)(F)F)cc5C4)C3)CC2)c1. The average molecular weight is 585 g/mol. The Balaban J connectivity index is 1.29. The van der Waals surface area contributed by atoms with Crippen molar-refractivity contribution in [3.63, 3.8) is 0 Å². The molecule has 2 aliphatic heterocycles. The number of halogens is 6. The number of alkyl halides is 6. The number of amides is 1. The summed E-state index contributed by atoms with van der Waals surface area (Å²) in [4.78, 5) is 28.2. The van der Waals surface area contributed by atoms with Gasteiger partial charge in [0.1, 0.15) is 5.75 Å². The largest absolute Gasteiger partial charge is 0.478 e. The molecule has 0 spiro atoms. The maximum Gasteiger partial charge on any atom is 0.416 e. The minimum atomic E-state index is -4.61. The number of carboxylic acid groups (broad SMARTS) is 1. The topological polar surface area (TPSA) is 70.1 Å². The Morgan fingerprint density at radius 3 is 2.39 bits per heavy atom. The van der Waals surface area contributed by atoms with Gasteiger partial charge in [0.05, 0.1) is 29.5 Å². The maximum atomic E-state index is 13.8. The third kappa shape index (κ3) is 6.32. The molecule has 41 heavy (non-hydrogen) atoms. The van der Waals surface area contributed by atoms with Crippen LogP contribution in [0.2, 0.25) is 0 Å². The first-order chi connectivity index (χ1) is 19.2. The molecule has 5 rings (SSSR count). The van der Waals surface area contributed by atoms with Crippen molar-refractivity contribution >= 4 is 11.9 Å². The van der Waals surface area contributed by atoms with Gasteiger partial charge in [-0.05, 0) is 87.0 Å². The number of carbonyl (C=O) groups is 2. The molecule has 2 heterocycles. The van der Waals surface area contributed by atoms with Gasteiger partial charge in [-0.3, -0.25) is 4.79 Å². The molecule has 1 N–H and O–H groups in total. The summed E-state index contributed by atoms with van der Waals surface area (Å²) in [5.74, 6) is -1.46. The molecule has 3 aliphatic rings. The van der Waals surface area contributed by atoms with Crippen LogP contribution in [-0.2, 0) is 17.5 Å². The molecule has 222 valence electrons. The second-order valence-corrected chi connectivity index (χ2v) is 11.3. The zero-order chi connectivity index (χ0) is 29.6. The third-order valence-corrected chi connectivity index (χ3v) is 8.64. The highest BCUT2D eigenvalue weighted by atomic mass is 19.4. The Bertz CT molecular complexity index is 1300. The van der Waals surface area contributed by atoms with Crippen LogP contribution >= 0.6 is 0 Å². The summed E-state index contributed by atoms with van der Waals surface area (Å²) < 4.78 is 86.6. The minimum Gasteiger partial charge on any atom is -0.478 e. The van der Waals surface area contributed by atoms with Gasteiger partial charge in [0.25, 0.3) is 0 Å². The summed E-state index contributed by atoms with van der Waals surface area (Å²) in [7, 11) is 0. The molecular formula is C29H30F6N2O4. The number of carbonyl (C=O) groups excluding carboxylic acids is 1. The molecule has 1 amide bonds. The first kappa shape index (κ1) is 29.2. The van der Waals surface area contributed by atoms with E-state index in [4.69, 9.17) is 4.74 Å². The molecule has 2 aromatic carbocycles. The Kier molecular flexibility index (Phi) is 7.73. The van der Waals surface area contributed by atoms with E-state index in [1.165, 1.54) is 12.1 Å². The van der Waals surface area contributed by atoms with Crippen LogP contribution in [0.1, 0.15) is 71.5 Å². The van der Waals surface area contributed by atoms with Crippen LogP contribution in [-0.4, -0.2) is 58.8 Å². The summed E-state index contributed by atoms with van der Waals surface area (Å²) in [6, 6.07) is 9.42. The minimum absolute atomic E-state index is 0.00351. The first-order valence-electron chi connectivity index (χ1n) is 13.5. The van der Waals surface area contributed by atoms with Gasteiger partial charge >= 0.3 is 18.3 Å². The average Bonchev–Trinajstić information content (AvgIpc) is 3.35. The number of aromatic carboxylic acids is 1. The predicted octanol–water partition coefficient (Wildman–Crippen LogP) is 6.45. The zero-order valence-electron chi connectivity index (χ0n) is 22.1. The van der Waals surface area contributed by atoms with Crippen molar-refractivity contribution in [3.8, 4) is 5.75 Å². The fourth-order valence-corrected chi connectivity index (χ4v) is 6.63. The second kappa shape index (κ2) is 10.8. The number of hydrogen-bond acceptors (Lipinski definition) is 4. The van der Waals surface area contributed by atoms with E-state index in [2.05, 4.69) is 4.90 Å². The van der Waals surface area contributed by atoms with E-state index >= 15 is 0 Å². The van der Waals surface area contributed by atoms with Gasteiger partial charge in [0.15, 0.2) is 6.73 Å². The number of carboxylic acids is 1. The van der Waals surface area contributed by atoms with Crippen molar-refractivity contribution in [2.24, 2.45) is 5.41 Å². The summed E-state index contributed by atoms with van der Waals surface area (Å²) in [6.07, 6.45) is -8.70. The van der Waals surface area contributed by atoms with Crippen molar-refractivity contribution in [3.05, 3.63) is 64.7 Å². The van der Waals surface area contributed by atoms with Gasteiger partial charge < -0.3 is 19.6 Å². The molecule has 0 radical (unpaired) electrons. The number of hydrogen-bond donors (Lipinski definition) is 1. The van der Waals surface area contributed by atoms with Crippen LogP contribution in [0.25, 0.3) is 0 Å². The number of piperidine rings is 1. The van der Waals surface area contributed by atoms with E-state index in [-0.39, 0.29) is 55.0 Å². The molecule has 1 saturated carbocycles. The smallest absolute Gasteiger partial charge is 0.416 e. The molecule has 1 aliphatic carbocycles. The summed E-state index contributed by atoms with van der Waals surface area (Å²) in [6.45, 7) is 0.609. The van der Waals surface area contributed by atoms with Crippen LogP contribution in [0.3, 0.4) is 0 Å². The van der Waals surface area contributed by atoms with Gasteiger partial charge in [0, 0.05) is 11.6 Å². The molecule has 6 nitrogen and oxygen atoms in total. The second-order valence-electron chi connectivity index (χ2n) is 11.3. The van der Waals surface area contributed by atoms with Crippen LogP contribution in [0.4, 0.5) is 26.3 Å². The number of likely N-dealkylation sites (tertiary alicyclic amines) is 1. The predicted molar refractivity (Wildman–Crippen MR) is 135 cm³/mol. The molecule has 0 bridgehead atoms. The van der Waals surface area contributed by atoms with Crippen LogP contribution in [0, 0.1) is 5.41 Å². The van der Waals surface area contributed by atoms with E-state index in [9.17, 15) is 41.0 Å². The van der Waals surface area contributed by atoms with Crippen molar-refractivity contribution in [1.82, 2.24) is 9.80 Å². The maximum absolute atomic E-state index is 13.8. The summed E-state index contributed by atoms with van der Waals surface area (Å²) in [5, 5.41) is 9.28. The molecule has 0 aromatic heterocycles. The summed E-state index contributed by atoms with van der Waals surface area (Å²) in [5.41, 5.74) is -1.42. The van der Waals surface area contributed by atoms with Gasteiger partial charge in [-0.2, -0.15) is 26.3 Å². The lowest BCUT2D eigenvalue weighted by atomic mass is 9.80. The number of benzene rings is 2. The van der Waals surface area contributed by atoms with Gasteiger partial charge in [0.2, 0.25) is 5.91 Å². The van der Waals surface area contributed by atoms with Gasteiger partial charge in [-0.25, -0.2) is 4.79 Å². The zero-order valence-corrected chi connectivity index (χ0v) is 22.1. The van der Waals surface area contributed by atoms with Crippen molar-refractivity contribution in [2.75, 3.05) is 19.8 Å². The molecule has 12 heteroatoms. The Morgan fingerprint density at radius 2 is 1.73 bits per heavy atom. The van der Waals surface area contributed by atoms with E-state index in [0.717, 1.165) is 22.6 Å². The Morgan fingerprint density at radius 1 is 1.00 bits per heavy atom. The fourth-order valence-electron chi connectivity index (χ4n) is 6.63. The number of rotatable bonds is 5. The first-order valence-corrected chi connectivity index (χ1v) is 13.5. The summed E-state index contributed by atoms with van der Waals surface area (Å²) >= 11 is 0. The number of ether oxygens (including phenoxy) is 1. The van der Waals surface area contributed by atoms with Crippen molar-refractivity contribution in [2.45, 2.75) is 69.4 Å². The van der Waals surface area contributed by atoms with Crippen LogP contribution in [0.5, 0.6) is 5.75 Å². The number of fused-ring (bicyclic) bond motifs is 1. The molecule has 2 fully saturated rings. The highest BCUT2D eigenvalue weighted by molar-refractivity contribution is 5.87. The van der Waals surface area contributed by atoms with Gasteiger partial charge in [-0.15, -0.1) is 0 Å². The van der Waals surface area contributed by atoms with E-state index in [1.807, 2.05) is 6.07 Å². The molecule has 1 saturated heterocycles. The lowest BCUT2D eigenvalue weighted by Crippen LogP contribution is -2.48. The third-order valence-electron chi connectivity index (χ3n) is 8.64. The van der Waals surface area contributed by atoms with Crippen LogP contribution < -0.4 is 4.74 Å². The fraction of sp³-hybridized carbons (Fsp3) is 0.517. The van der Waals surface area contributed by atoms with Crippen molar-refractivity contribution in [1.29, 1.82) is 0 Å². The van der Waals surface area contributed by atoms with Gasteiger partial charge in [-0.1, -0.05) is 12.1 Å². The quantitative estimate of drug-likeness (QED) is 0.409. The standard InChI is InChI=1S/C29H30F6N2O4/c30-28(31,32)16-27(26(40)37-15-21-13-22(29(33,34)35)4-5-24(21)41-17-37)9-6-23(14-27)36-10-7-18(8-11-36)19-2-1-3-20(12-19)25(38)39/h1-5,12-13,18,23H,6-11,14-17H2,(H,38,39)/t23-,27+/m1/s1. The highest BCUT2D eigenvalue weighted by Crippen LogP contribution is 2.50. The number of nitrogens with zero attached hydrogens (tertiary/aromatic N) is 2. The lowest BCUT2D eigenvalue weighted by molar-refractivity contribution is -0.177. The molecule has 2 aromatic rings. The molecule has 2 atom stereocenters. The van der Waals surface area contributed by atoms with E-state index in [1.54, 1.807) is 12.1 Å². The lowest BCUT2D eigenvalue weighted by Gasteiger charge is -2.39.